The quantitative estimate of drug-likeness (QED) is 0.505. The summed E-state index contributed by atoms with van der Waals surface area (Å²) in [6, 6.07) is 15.4. The Balaban J connectivity index is 1.47. The summed E-state index contributed by atoms with van der Waals surface area (Å²) in [4.78, 5) is 18.7. The molecule has 6 rings (SSSR count). The van der Waals surface area contributed by atoms with Crippen molar-refractivity contribution < 1.29 is 9.47 Å². The maximum Gasteiger partial charge on any atom is 0.253 e. The number of benzene rings is 2. The van der Waals surface area contributed by atoms with Crippen LogP contribution < -0.4 is 15.0 Å². The number of H-pyrrole nitrogens is 1. The largest absolute Gasteiger partial charge is 0.454 e. The van der Waals surface area contributed by atoms with Crippen LogP contribution in [0, 0.1) is 0 Å². The van der Waals surface area contributed by atoms with E-state index < -0.39 is 0 Å². The highest BCUT2D eigenvalue weighted by Crippen LogP contribution is 2.36. The number of rotatable bonds is 5. The van der Waals surface area contributed by atoms with Gasteiger partial charge >= 0.3 is 0 Å². The number of hydrogen-bond acceptors (Lipinski definition) is 7. The Morgan fingerprint density at radius 1 is 1.00 bits per heavy atom. The summed E-state index contributed by atoms with van der Waals surface area (Å²) in [5.74, 6) is 2.00. The van der Waals surface area contributed by atoms with E-state index in [1.165, 1.54) is 6.42 Å². The van der Waals surface area contributed by atoms with Crippen LogP contribution in [0.2, 0.25) is 0 Å². The zero-order valence-corrected chi connectivity index (χ0v) is 18.1. The smallest absolute Gasteiger partial charge is 0.253 e. The second-order valence-corrected chi connectivity index (χ2v) is 8.53. The van der Waals surface area contributed by atoms with Crippen LogP contribution >= 0.6 is 0 Å². The highest BCUT2D eigenvalue weighted by molar-refractivity contribution is 5.83. The Hall–Kier alpha value is -3.72. The van der Waals surface area contributed by atoms with Gasteiger partial charge in [0.05, 0.1) is 12.1 Å². The third-order valence-corrected chi connectivity index (χ3v) is 6.40. The Kier molecular flexibility index (Phi) is 5.03. The Bertz CT molecular complexity index is 1340. The standard InChI is InChI=1S/C24H24N6O3/c31-24-18(11-17-12-20-21(33-15-32-20)13-19(17)25-24)22(29-9-5-2-6-10-29)23-26-27-28-30(23)14-16-7-3-1-4-8-16/h1,3-4,7-8,11-13,22H,2,5-6,9-10,14-15H2,(H,25,31). The number of pyridine rings is 1. The molecule has 4 heterocycles. The third kappa shape index (κ3) is 3.74. The summed E-state index contributed by atoms with van der Waals surface area (Å²) >= 11 is 0. The molecule has 2 aromatic heterocycles. The average Bonchev–Trinajstić information content (AvgIpc) is 3.49. The van der Waals surface area contributed by atoms with Crippen LogP contribution in [0.5, 0.6) is 11.5 Å². The molecule has 1 N–H and O–H groups in total. The predicted octanol–water partition coefficient (Wildman–Crippen LogP) is 2.87. The fourth-order valence-electron chi connectivity index (χ4n) is 4.77. The first kappa shape index (κ1) is 19.9. The van der Waals surface area contributed by atoms with Crippen LogP contribution in [-0.4, -0.2) is 50.0 Å². The minimum absolute atomic E-state index is 0.147. The highest BCUT2D eigenvalue weighted by atomic mass is 16.7. The van der Waals surface area contributed by atoms with E-state index in [1.807, 2.05) is 48.5 Å². The van der Waals surface area contributed by atoms with Gasteiger partial charge in [-0.1, -0.05) is 36.8 Å². The average molecular weight is 444 g/mol. The van der Waals surface area contributed by atoms with E-state index in [-0.39, 0.29) is 18.4 Å². The SMILES string of the molecule is O=c1[nH]c2cc3c(cc2cc1C(c1nnnn1Cc1ccccc1)N1CCCCC1)OCO3. The maximum atomic E-state index is 13.4. The van der Waals surface area contributed by atoms with Gasteiger partial charge in [0, 0.05) is 17.0 Å². The molecule has 1 saturated heterocycles. The molecule has 1 fully saturated rings. The Labute approximate surface area is 189 Å². The summed E-state index contributed by atoms with van der Waals surface area (Å²) in [5, 5.41) is 13.6. The number of ether oxygens (including phenoxy) is 2. The molecule has 2 aromatic carbocycles. The minimum atomic E-state index is -0.345. The van der Waals surface area contributed by atoms with Gasteiger partial charge in [-0.25, -0.2) is 4.68 Å². The predicted molar refractivity (Wildman–Crippen MR) is 121 cm³/mol. The molecular weight excluding hydrogens is 420 g/mol. The van der Waals surface area contributed by atoms with Crippen molar-refractivity contribution in [1.82, 2.24) is 30.1 Å². The van der Waals surface area contributed by atoms with Crippen LogP contribution in [0.1, 0.15) is 42.3 Å². The molecule has 33 heavy (non-hydrogen) atoms. The molecule has 4 aromatic rings. The van der Waals surface area contributed by atoms with Crippen LogP contribution in [-0.2, 0) is 6.54 Å². The van der Waals surface area contributed by atoms with E-state index >= 15 is 0 Å². The van der Waals surface area contributed by atoms with Crippen molar-refractivity contribution in [2.24, 2.45) is 0 Å². The maximum absolute atomic E-state index is 13.4. The number of nitrogens with one attached hydrogen (secondary N) is 1. The summed E-state index contributed by atoms with van der Waals surface area (Å²) < 4.78 is 12.8. The molecule has 1 atom stereocenters. The van der Waals surface area contributed by atoms with Crippen LogP contribution in [0.4, 0.5) is 0 Å². The summed E-state index contributed by atoms with van der Waals surface area (Å²) in [6.07, 6.45) is 3.36. The van der Waals surface area contributed by atoms with Gasteiger partial charge in [0.2, 0.25) is 6.79 Å². The van der Waals surface area contributed by atoms with Crippen molar-refractivity contribution in [2.45, 2.75) is 31.8 Å². The van der Waals surface area contributed by atoms with E-state index in [1.54, 1.807) is 4.68 Å². The third-order valence-electron chi connectivity index (χ3n) is 6.40. The molecule has 2 aliphatic heterocycles. The first-order chi connectivity index (χ1) is 16.3. The number of aromatic nitrogens is 5. The van der Waals surface area contributed by atoms with E-state index in [4.69, 9.17) is 9.47 Å². The van der Waals surface area contributed by atoms with Crippen molar-refractivity contribution in [3.8, 4) is 11.5 Å². The van der Waals surface area contributed by atoms with Crippen LogP contribution in [0.25, 0.3) is 10.9 Å². The van der Waals surface area contributed by atoms with Crippen molar-refractivity contribution >= 4 is 10.9 Å². The first-order valence-electron chi connectivity index (χ1n) is 11.3. The lowest BCUT2D eigenvalue weighted by molar-refractivity contribution is 0.174. The normalized spacial score (nSPS) is 16.8. The lowest BCUT2D eigenvalue weighted by Crippen LogP contribution is -2.38. The lowest BCUT2D eigenvalue weighted by atomic mass is 10.00. The molecule has 168 valence electrons. The first-order valence-corrected chi connectivity index (χ1v) is 11.3. The van der Waals surface area contributed by atoms with Gasteiger partial charge in [-0.05, 0) is 54.1 Å². The minimum Gasteiger partial charge on any atom is -0.454 e. The zero-order chi connectivity index (χ0) is 22.2. The molecule has 0 aliphatic carbocycles. The number of piperidine rings is 1. The van der Waals surface area contributed by atoms with Gasteiger partial charge in [-0.15, -0.1) is 5.10 Å². The van der Waals surface area contributed by atoms with Crippen molar-refractivity contribution in [2.75, 3.05) is 19.9 Å². The Morgan fingerprint density at radius 2 is 1.79 bits per heavy atom. The van der Waals surface area contributed by atoms with Gasteiger partial charge in [0.1, 0.15) is 6.04 Å². The lowest BCUT2D eigenvalue weighted by Gasteiger charge is -2.33. The number of fused-ring (bicyclic) bond motifs is 2. The second kappa shape index (κ2) is 8.32. The van der Waals surface area contributed by atoms with Gasteiger partial charge in [-0.2, -0.15) is 0 Å². The molecule has 0 bridgehead atoms. The highest BCUT2D eigenvalue weighted by Gasteiger charge is 2.31. The number of tetrazole rings is 1. The van der Waals surface area contributed by atoms with Gasteiger partial charge in [-0.3, -0.25) is 9.69 Å². The van der Waals surface area contributed by atoms with Gasteiger partial charge in [0.25, 0.3) is 5.56 Å². The molecule has 9 heteroatoms. The van der Waals surface area contributed by atoms with Gasteiger partial charge in [0.15, 0.2) is 17.3 Å². The topological polar surface area (TPSA) is 98.2 Å². The second-order valence-electron chi connectivity index (χ2n) is 8.53. The molecule has 9 nitrogen and oxygen atoms in total. The van der Waals surface area contributed by atoms with Crippen molar-refractivity contribution in [1.29, 1.82) is 0 Å². The molecule has 1 unspecified atom stereocenters. The number of likely N-dealkylation sites (tertiary alicyclic amines) is 1. The zero-order valence-electron chi connectivity index (χ0n) is 18.1. The molecule has 0 saturated carbocycles. The fourth-order valence-corrected chi connectivity index (χ4v) is 4.77. The molecule has 2 aliphatic rings. The van der Waals surface area contributed by atoms with Crippen LogP contribution in [0.3, 0.4) is 0 Å². The monoisotopic (exact) mass is 444 g/mol. The Morgan fingerprint density at radius 3 is 2.61 bits per heavy atom. The summed E-state index contributed by atoms with van der Waals surface area (Å²) in [5.41, 5.74) is 2.30. The van der Waals surface area contributed by atoms with Crippen LogP contribution in [0.15, 0.2) is 53.3 Å². The molecule has 0 radical (unpaired) electrons. The molecule has 0 spiro atoms. The van der Waals surface area contributed by atoms with E-state index in [2.05, 4.69) is 25.4 Å². The fraction of sp³-hybridized carbons (Fsp3) is 0.333. The number of nitrogens with zero attached hydrogens (tertiary/aromatic N) is 5. The van der Waals surface area contributed by atoms with E-state index in [0.717, 1.165) is 36.9 Å². The van der Waals surface area contributed by atoms with Crippen molar-refractivity contribution in [3.05, 3.63) is 75.8 Å². The summed E-state index contributed by atoms with van der Waals surface area (Å²) in [6.45, 7) is 2.51. The van der Waals surface area contributed by atoms with Crippen molar-refractivity contribution in [3.63, 3.8) is 0 Å². The summed E-state index contributed by atoms with van der Waals surface area (Å²) in [7, 11) is 0. The van der Waals surface area contributed by atoms with E-state index in [0.29, 0.717) is 34.9 Å². The number of hydrogen-bond donors (Lipinski definition) is 1. The molecular formula is C24H24N6O3. The van der Waals surface area contributed by atoms with Gasteiger partial charge < -0.3 is 14.5 Å². The molecule has 0 amide bonds. The number of aromatic amines is 1. The van der Waals surface area contributed by atoms with E-state index in [9.17, 15) is 4.79 Å².